The number of hydrogen-bond donors (Lipinski definition) is 10. The van der Waals surface area contributed by atoms with Crippen LogP contribution in [0.4, 0.5) is 0 Å². The van der Waals surface area contributed by atoms with Crippen LogP contribution in [0.15, 0.2) is 79.1 Å². The van der Waals surface area contributed by atoms with Crippen LogP contribution in [0, 0.1) is 0 Å². The van der Waals surface area contributed by atoms with Gasteiger partial charge in [0.05, 0.1) is 5.56 Å². The quantitative estimate of drug-likeness (QED) is 0.125. The minimum atomic E-state index is -0.888. The smallest absolute Gasteiger partial charge is 0.238 e. The maximum absolute atomic E-state index is 12.1. The number of aromatic hydroxyl groups is 10. The van der Waals surface area contributed by atoms with Gasteiger partial charge in [-0.05, 0) is 30.3 Å². The molecule has 0 radical (unpaired) electrons. The molecule has 0 saturated carbocycles. The summed E-state index contributed by atoms with van der Waals surface area (Å²) in [5, 5.41) is 95.3. The number of benzene rings is 4. The third-order valence-electron chi connectivity index (χ3n) is 6.36. The Balaban J connectivity index is 0.000000175. The van der Waals surface area contributed by atoms with Gasteiger partial charge in [-0.2, -0.15) is 0 Å². The predicted octanol–water partition coefficient (Wildman–Crippen LogP) is 3.98. The van der Waals surface area contributed by atoms with E-state index in [4.69, 9.17) is 8.83 Å². The normalized spacial score (nSPS) is 10.9. The van der Waals surface area contributed by atoms with Crippen molar-refractivity contribution >= 4 is 21.9 Å². The van der Waals surface area contributed by atoms with Gasteiger partial charge in [-0.15, -0.1) is 0 Å². The third kappa shape index (κ3) is 4.98. The van der Waals surface area contributed by atoms with Gasteiger partial charge in [0.15, 0.2) is 34.2 Å². The topological polar surface area (TPSA) is 263 Å². The van der Waals surface area contributed by atoms with Crippen LogP contribution in [0.5, 0.6) is 57.5 Å². The summed E-state index contributed by atoms with van der Waals surface area (Å²) in [7, 11) is 0. The van der Waals surface area contributed by atoms with Crippen molar-refractivity contribution in [3.8, 4) is 80.1 Å². The Morgan fingerprint density at radius 2 is 1.07 bits per heavy atom. The first-order valence-electron chi connectivity index (χ1n) is 12.2. The van der Waals surface area contributed by atoms with Crippen LogP contribution in [0.2, 0.25) is 0 Å². The maximum Gasteiger partial charge on any atom is 0.238 e. The summed E-state index contributed by atoms with van der Waals surface area (Å²) in [5.41, 5.74) is -1.61. The van der Waals surface area contributed by atoms with E-state index in [1.54, 1.807) is 0 Å². The molecule has 0 aliphatic rings. The van der Waals surface area contributed by atoms with Gasteiger partial charge in [-0.1, -0.05) is 0 Å². The van der Waals surface area contributed by atoms with Crippen molar-refractivity contribution in [2.75, 3.05) is 0 Å². The molecule has 14 heteroatoms. The Hall–Kier alpha value is -6.70. The van der Waals surface area contributed by atoms with E-state index in [0.717, 1.165) is 48.5 Å². The highest BCUT2D eigenvalue weighted by Crippen LogP contribution is 2.43. The lowest BCUT2D eigenvalue weighted by Crippen LogP contribution is -2.02. The molecule has 0 bridgehead atoms. The Labute approximate surface area is 243 Å². The van der Waals surface area contributed by atoms with Crippen LogP contribution >= 0.6 is 0 Å². The molecule has 6 aromatic rings. The SMILES string of the molecule is O=c1c(O)c(-c2ccc(O)c(O)c2)oc2cc(O)cc(O)c12.O=c1cc(-c2ccc(O)c(O)c2O)oc2cc(O)cc(O)c12. The lowest BCUT2D eigenvalue weighted by atomic mass is 10.1. The Bertz CT molecular complexity index is 2230. The molecule has 0 spiro atoms. The summed E-state index contributed by atoms with van der Waals surface area (Å²) in [4.78, 5) is 24.2. The molecule has 44 heavy (non-hydrogen) atoms. The van der Waals surface area contributed by atoms with E-state index in [0.29, 0.717) is 0 Å². The molecular formula is C30H20O14. The van der Waals surface area contributed by atoms with Crippen molar-refractivity contribution in [3.63, 3.8) is 0 Å². The Kier molecular flexibility index (Phi) is 6.95. The molecule has 0 saturated heterocycles. The highest BCUT2D eigenvalue weighted by Gasteiger charge is 2.20. The predicted molar refractivity (Wildman–Crippen MR) is 152 cm³/mol. The average molecular weight is 604 g/mol. The summed E-state index contributed by atoms with van der Waals surface area (Å²) < 4.78 is 10.7. The number of hydrogen-bond acceptors (Lipinski definition) is 14. The van der Waals surface area contributed by atoms with Crippen LogP contribution in [-0.2, 0) is 0 Å². The summed E-state index contributed by atoms with van der Waals surface area (Å²) in [6.45, 7) is 0. The van der Waals surface area contributed by atoms with E-state index in [1.165, 1.54) is 12.1 Å². The second kappa shape index (κ2) is 10.6. The van der Waals surface area contributed by atoms with Gasteiger partial charge in [0, 0.05) is 35.9 Å². The van der Waals surface area contributed by atoms with Gasteiger partial charge in [0.2, 0.25) is 16.9 Å². The third-order valence-corrected chi connectivity index (χ3v) is 6.36. The highest BCUT2D eigenvalue weighted by atomic mass is 16.4. The summed E-state index contributed by atoms with van der Waals surface area (Å²) in [6.07, 6.45) is 0. The number of rotatable bonds is 2. The molecular weight excluding hydrogens is 584 g/mol. The second-order valence-corrected chi connectivity index (χ2v) is 9.29. The monoisotopic (exact) mass is 604 g/mol. The molecule has 0 aliphatic carbocycles. The van der Waals surface area contributed by atoms with E-state index in [-0.39, 0.29) is 61.8 Å². The molecule has 6 rings (SSSR count). The van der Waals surface area contributed by atoms with Gasteiger partial charge in [0.1, 0.15) is 50.7 Å². The zero-order valence-electron chi connectivity index (χ0n) is 21.9. The summed E-state index contributed by atoms with van der Waals surface area (Å²) in [6, 6.07) is 11.2. The molecule has 10 N–H and O–H groups in total. The van der Waals surface area contributed by atoms with Gasteiger partial charge in [-0.25, -0.2) is 0 Å². The standard InChI is InChI=1S/2C15H10O7/c16-6-3-9(18)13-10(19)5-11(22-12(13)4-6)7-1-2-8(17)15(21)14(7)20;16-7-4-10(19)12-11(5-7)22-15(14(21)13(12)20)6-1-2-8(17)9(18)3-6/h1-5,16-18,20-21H;1-5,16-19,21H. The van der Waals surface area contributed by atoms with E-state index < -0.39 is 51.1 Å². The molecule has 0 aliphatic heterocycles. The van der Waals surface area contributed by atoms with Crippen LogP contribution in [0.25, 0.3) is 44.6 Å². The zero-order chi connectivity index (χ0) is 32.0. The molecule has 2 heterocycles. The summed E-state index contributed by atoms with van der Waals surface area (Å²) in [5.74, 6) is -5.49. The maximum atomic E-state index is 12.1. The zero-order valence-corrected chi connectivity index (χ0v) is 21.9. The van der Waals surface area contributed by atoms with Crippen LogP contribution in [0.3, 0.4) is 0 Å². The van der Waals surface area contributed by atoms with Crippen molar-refractivity contribution in [1.29, 1.82) is 0 Å². The number of fused-ring (bicyclic) bond motifs is 2. The van der Waals surface area contributed by atoms with Crippen LogP contribution < -0.4 is 10.9 Å². The Morgan fingerprint density at radius 1 is 0.477 bits per heavy atom. The van der Waals surface area contributed by atoms with Crippen LogP contribution in [0.1, 0.15) is 0 Å². The van der Waals surface area contributed by atoms with Crippen molar-refractivity contribution in [2.45, 2.75) is 0 Å². The Morgan fingerprint density at radius 3 is 1.70 bits per heavy atom. The molecule has 2 aromatic heterocycles. The highest BCUT2D eigenvalue weighted by molar-refractivity contribution is 5.88. The first-order chi connectivity index (χ1) is 20.8. The molecule has 0 amide bonds. The fourth-order valence-corrected chi connectivity index (χ4v) is 4.29. The van der Waals surface area contributed by atoms with Crippen molar-refractivity contribution in [3.05, 3.63) is 81.1 Å². The van der Waals surface area contributed by atoms with Crippen molar-refractivity contribution < 1.29 is 59.9 Å². The molecule has 224 valence electrons. The first kappa shape index (κ1) is 28.8. The molecule has 0 fully saturated rings. The second-order valence-electron chi connectivity index (χ2n) is 9.29. The van der Waals surface area contributed by atoms with Gasteiger partial charge >= 0.3 is 0 Å². The minimum Gasteiger partial charge on any atom is -0.508 e. The van der Waals surface area contributed by atoms with Crippen LogP contribution in [-0.4, -0.2) is 51.1 Å². The first-order valence-corrected chi connectivity index (χ1v) is 12.2. The summed E-state index contributed by atoms with van der Waals surface area (Å²) >= 11 is 0. The number of phenolic OH excluding ortho intramolecular Hbond substituents is 9. The minimum absolute atomic E-state index is 0.0304. The lowest BCUT2D eigenvalue weighted by molar-refractivity contribution is 0.368. The average Bonchev–Trinajstić information content (AvgIpc) is 2.94. The molecule has 4 aromatic carbocycles. The molecule has 14 nitrogen and oxygen atoms in total. The van der Waals surface area contributed by atoms with E-state index >= 15 is 0 Å². The van der Waals surface area contributed by atoms with Gasteiger partial charge in [0.25, 0.3) is 0 Å². The van der Waals surface area contributed by atoms with Gasteiger partial charge in [-0.3, -0.25) is 9.59 Å². The number of phenols is 9. The van der Waals surface area contributed by atoms with Crippen molar-refractivity contribution in [2.24, 2.45) is 0 Å². The van der Waals surface area contributed by atoms with E-state index in [9.17, 15) is 60.7 Å². The largest absolute Gasteiger partial charge is 0.508 e. The van der Waals surface area contributed by atoms with Gasteiger partial charge < -0.3 is 59.9 Å². The fraction of sp³-hybridized carbons (Fsp3) is 0. The molecule has 0 atom stereocenters. The molecule has 0 unspecified atom stereocenters. The van der Waals surface area contributed by atoms with E-state index in [2.05, 4.69) is 0 Å². The van der Waals surface area contributed by atoms with E-state index in [1.807, 2.05) is 0 Å². The fourth-order valence-electron chi connectivity index (χ4n) is 4.29. The van der Waals surface area contributed by atoms with Crippen molar-refractivity contribution in [1.82, 2.24) is 0 Å². The lowest BCUT2D eigenvalue weighted by Gasteiger charge is -2.08.